The van der Waals surface area contributed by atoms with Gasteiger partial charge in [-0.2, -0.15) is 33.7 Å². The molecule has 0 aromatic rings. The van der Waals surface area contributed by atoms with E-state index in [9.17, 15) is 105 Å². The third-order valence-corrected chi connectivity index (χ3v) is 14.5. The standard InChI is InChI=1S/2C16H20N2O14S2/c19-10-6-8(33(27,28)29)13(23)17(10)16(15(25)26,5-3-1-2-4-12(21)22)18-11(20)7-9(14(18)24)34(30,31)32;19-11-7-9(33(25,26)27)15(23)17(11)31-13(21)5-3-1-2-4-6-14(22)32-18-12(20)8-10(16(18)24)34(28,29)30/h8-9H,1-7H2,(H,21,22)(H,25,26)(H,27,28,29)(H,30,31,32);9-10H,1-8H2,(H,25,26,27)(H,28,29,30). The van der Waals surface area contributed by atoms with Gasteiger partial charge in [0, 0.05) is 25.7 Å². The number of carboxylic acid groups (broad SMARTS) is 2. The molecule has 0 aliphatic carbocycles. The normalized spacial score (nSPS) is 22.4. The van der Waals surface area contributed by atoms with E-state index in [4.69, 9.17) is 14.2 Å². The maximum Gasteiger partial charge on any atom is 0.351 e. The molecule has 0 aromatic carbocycles. The van der Waals surface area contributed by atoms with Crippen LogP contribution in [0.2, 0.25) is 0 Å². The van der Waals surface area contributed by atoms with Crippen LogP contribution in [0.3, 0.4) is 0 Å². The Bertz CT molecular complexity index is 2470. The number of amides is 8. The van der Waals surface area contributed by atoms with Crippen LogP contribution < -0.4 is 0 Å². The molecule has 0 aromatic heterocycles. The Balaban J connectivity index is 0.000000360. The molecule has 4 unspecified atom stereocenters. The van der Waals surface area contributed by atoms with Crippen LogP contribution in [0, 0.1) is 0 Å². The van der Waals surface area contributed by atoms with Gasteiger partial charge in [0.05, 0.1) is 25.7 Å². The van der Waals surface area contributed by atoms with Gasteiger partial charge in [0.1, 0.15) is 0 Å². The fourth-order valence-electron chi connectivity index (χ4n) is 6.91. The van der Waals surface area contributed by atoms with Crippen molar-refractivity contribution in [2.24, 2.45) is 0 Å². The van der Waals surface area contributed by atoms with E-state index in [-0.39, 0.29) is 71.3 Å². The monoisotopic (exact) mass is 1060 g/mol. The molecule has 0 radical (unpaired) electrons. The molecule has 0 saturated carbocycles. The van der Waals surface area contributed by atoms with Gasteiger partial charge in [-0.15, -0.1) is 10.1 Å². The maximum absolute atomic E-state index is 12.7. The number of carbonyl (C=O) groups is 12. The van der Waals surface area contributed by atoms with E-state index in [0.29, 0.717) is 12.8 Å². The Kier molecular flexibility index (Phi) is 17.9. The van der Waals surface area contributed by atoms with E-state index in [1.54, 1.807) is 0 Å². The number of carbonyl (C=O) groups excluding carboxylic acids is 10. The number of imide groups is 4. The minimum Gasteiger partial charge on any atom is -0.481 e. The lowest BCUT2D eigenvalue weighted by atomic mass is 9.96. The van der Waals surface area contributed by atoms with E-state index in [1.165, 1.54) is 0 Å². The molecule has 68 heavy (non-hydrogen) atoms. The molecule has 36 heteroatoms. The Morgan fingerprint density at radius 2 is 0.750 bits per heavy atom. The highest BCUT2D eigenvalue weighted by atomic mass is 32.2. The molecule has 4 atom stereocenters. The highest BCUT2D eigenvalue weighted by Crippen LogP contribution is 2.39. The minimum atomic E-state index is -5.22. The zero-order valence-corrected chi connectivity index (χ0v) is 37.8. The van der Waals surface area contributed by atoms with Crippen molar-refractivity contribution in [1.82, 2.24) is 19.9 Å². The quantitative estimate of drug-likeness (QED) is 0.0343. The molecule has 380 valence electrons. The van der Waals surface area contributed by atoms with E-state index in [1.807, 2.05) is 0 Å². The maximum atomic E-state index is 12.7. The summed E-state index contributed by atoms with van der Waals surface area (Å²) in [4.78, 5) is 153. The topological polar surface area (TPSA) is 494 Å². The molecule has 8 amide bonds. The van der Waals surface area contributed by atoms with E-state index < -0.39 is 170 Å². The molecular formula is C32H40N4O28S4. The van der Waals surface area contributed by atoms with Gasteiger partial charge in [-0.3, -0.25) is 61.4 Å². The van der Waals surface area contributed by atoms with Crippen molar-refractivity contribution in [1.29, 1.82) is 0 Å². The number of nitrogens with zero attached hydrogens (tertiary/aromatic N) is 4. The van der Waals surface area contributed by atoms with Gasteiger partial charge >= 0.3 is 23.9 Å². The summed E-state index contributed by atoms with van der Waals surface area (Å²) >= 11 is 0. The Hall–Kier alpha value is -5.92. The number of hydroxylamine groups is 4. The largest absolute Gasteiger partial charge is 0.481 e. The van der Waals surface area contributed by atoms with Gasteiger partial charge in [-0.25, -0.2) is 24.2 Å². The number of rotatable bonds is 22. The molecule has 4 rings (SSSR count). The smallest absolute Gasteiger partial charge is 0.351 e. The number of hydrogen-bond donors (Lipinski definition) is 6. The van der Waals surface area contributed by atoms with Gasteiger partial charge in [0.2, 0.25) is 17.5 Å². The lowest BCUT2D eigenvalue weighted by Crippen LogP contribution is -2.69. The van der Waals surface area contributed by atoms with Crippen molar-refractivity contribution in [3.8, 4) is 0 Å². The van der Waals surface area contributed by atoms with Crippen LogP contribution in [0.5, 0.6) is 0 Å². The molecule has 4 aliphatic rings. The molecule has 4 aliphatic heterocycles. The molecule has 0 bridgehead atoms. The predicted octanol–water partition coefficient (Wildman–Crippen LogP) is -3.89. The van der Waals surface area contributed by atoms with E-state index in [0.717, 1.165) is 0 Å². The van der Waals surface area contributed by atoms with Crippen molar-refractivity contribution in [2.45, 2.75) is 123 Å². The lowest BCUT2D eigenvalue weighted by Gasteiger charge is -2.42. The lowest BCUT2D eigenvalue weighted by molar-refractivity contribution is -0.197. The average Bonchev–Trinajstić information content (AvgIpc) is 3.87. The number of likely N-dealkylation sites (tertiary alicyclic amines) is 2. The SMILES string of the molecule is O=C(CCCCCCC(=O)ON1C(=O)CC(S(=O)(=O)O)C1=O)ON1C(=O)CC(S(=O)(=O)O)C1=O.O=C(O)CCCCCC(C(=O)O)(N1C(=O)CC(S(=O)(=O)O)C1=O)N1C(=O)CC(S(=O)(=O)O)C1=O. The van der Waals surface area contributed by atoms with Gasteiger partial charge in [-0.05, 0) is 25.7 Å². The zero-order valence-electron chi connectivity index (χ0n) is 34.5. The Morgan fingerprint density at radius 1 is 0.456 bits per heavy atom. The van der Waals surface area contributed by atoms with Crippen LogP contribution in [0.15, 0.2) is 0 Å². The fraction of sp³-hybridized carbons (Fsp3) is 0.625. The molecule has 6 N–H and O–H groups in total. The average molecular weight is 1060 g/mol. The van der Waals surface area contributed by atoms with Gasteiger partial charge in [0.25, 0.3) is 75.9 Å². The van der Waals surface area contributed by atoms with Crippen LogP contribution in [0.25, 0.3) is 0 Å². The van der Waals surface area contributed by atoms with Crippen LogP contribution in [0.1, 0.15) is 96.3 Å². The third kappa shape index (κ3) is 13.2. The van der Waals surface area contributed by atoms with Crippen LogP contribution in [0.4, 0.5) is 0 Å². The summed E-state index contributed by atoms with van der Waals surface area (Å²) in [6, 6.07) is 0. The second-order valence-corrected chi connectivity index (χ2v) is 21.3. The first-order valence-corrected chi connectivity index (χ1v) is 25.3. The number of unbranched alkanes of at least 4 members (excludes halogenated alkanes) is 5. The van der Waals surface area contributed by atoms with E-state index in [2.05, 4.69) is 9.68 Å². The van der Waals surface area contributed by atoms with Crippen molar-refractivity contribution in [2.75, 3.05) is 0 Å². The van der Waals surface area contributed by atoms with Crippen LogP contribution in [-0.2, 0) is 108 Å². The number of carboxylic acids is 2. The third-order valence-electron chi connectivity index (χ3n) is 10.2. The van der Waals surface area contributed by atoms with Gasteiger partial charge in [-0.1, -0.05) is 19.3 Å². The second-order valence-electron chi connectivity index (χ2n) is 14.9. The highest BCUT2D eigenvalue weighted by molar-refractivity contribution is 7.88. The van der Waals surface area contributed by atoms with Crippen molar-refractivity contribution in [3.63, 3.8) is 0 Å². The van der Waals surface area contributed by atoms with Crippen molar-refractivity contribution < 1.29 is 129 Å². The number of hydrogen-bond acceptors (Lipinski definition) is 22. The molecule has 4 fully saturated rings. The summed E-state index contributed by atoms with van der Waals surface area (Å²) in [7, 11) is -20.1. The van der Waals surface area contributed by atoms with E-state index >= 15 is 0 Å². The summed E-state index contributed by atoms with van der Waals surface area (Å²) in [6.45, 7) is 0. The van der Waals surface area contributed by atoms with Crippen LogP contribution in [-0.4, -0.2) is 180 Å². The number of aliphatic carboxylic acids is 2. The molecule has 0 spiro atoms. The molecule has 4 heterocycles. The molecule has 32 nitrogen and oxygen atoms in total. The Labute approximate surface area is 382 Å². The first-order chi connectivity index (χ1) is 31.1. The fourth-order valence-corrected chi connectivity index (χ4v) is 9.74. The minimum absolute atomic E-state index is 0.00962. The van der Waals surface area contributed by atoms with Crippen LogP contribution >= 0.6 is 0 Å². The first kappa shape index (κ1) is 56.4. The summed E-state index contributed by atoms with van der Waals surface area (Å²) < 4.78 is 127. The molecular weight excluding hydrogens is 1020 g/mol. The molecule has 4 saturated heterocycles. The first-order valence-electron chi connectivity index (χ1n) is 19.3. The zero-order chi connectivity index (χ0) is 52.1. The highest BCUT2D eigenvalue weighted by Gasteiger charge is 2.66. The second kappa shape index (κ2) is 21.6. The summed E-state index contributed by atoms with van der Waals surface area (Å²) in [5, 5.41) is 9.79. The predicted molar refractivity (Wildman–Crippen MR) is 208 cm³/mol. The summed E-state index contributed by atoms with van der Waals surface area (Å²) in [5.41, 5.74) is -3.23. The summed E-state index contributed by atoms with van der Waals surface area (Å²) in [6.07, 6.45) is -5.17. The van der Waals surface area contributed by atoms with Crippen molar-refractivity contribution >= 4 is 112 Å². The summed E-state index contributed by atoms with van der Waals surface area (Å²) in [5.74, 6) is -16.8. The van der Waals surface area contributed by atoms with Crippen molar-refractivity contribution in [3.05, 3.63) is 0 Å². The van der Waals surface area contributed by atoms with Gasteiger partial charge < -0.3 is 19.9 Å². The van der Waals surface area contributed by atoms with Gasteiger partial charge in [0.15, 0.2) is 21.0 Å². The Morgan fingerprint density at radius 3 is 1.03 bits per heavy atom.